The maximum atomic E-state index is 3.63. The Hall–Kier alpha value is -1.34. The molecule has 0 radical (unpaired) electrons. The van der Waals surface area contributed by atoms with Crippen molar-refractivity contribution in [2.24, 2.45) is 0 Å². The number of rotatable bonds is 1. The largest absolute Gasteiger partial charge is 0.311 e. The molecule has 0 aliphatic carbocycles. The lowest BCUT2D eigenvalue weighted by molar-refractivity contribution is 0.297. The fourth-order valence-corrected chi connectivity index (χ4v) is 3.17. The van der Waals surface area contributed by atoms with Gasteiger partial charge in [-0.3, -0.25) is 0 Å². The van der Waals surface area contributed by atoms with Crippen LogP contribution in [0.4, 0.5) is 0 Å². The Kier molecular flexibility index (Phi) is 2.49. The highest BCUT2D eigenvalue weighted by Gasteiger charge is 2.45. The number of hydrogen-bond acceptors (Lipinski definition) is 1. The zero-order chi connectivity index (χ0) is 12.8. The molecule has 0 saturated carbocycles. The van der Waals surface area contributed by atoms with Gasteiger partial charge in [0.25, 0.3) is 0 Å². The number of fused-ring (bicyclic) bond motifs is 1. The summed E-state index contributed by atoms with van der Waals surface area (Å²) in [4.78, 5) is 0. The van der Waals surface area contributed by atoms with Crippen molar-refractivity contribution in [3.05, 3.63) is 48.0 Å². The molecule has 1 aliphatic rings. The van der Waals surface area contributed by atoms with E-state index in [-0.39, 0.29) is 11.0 Å². The molecule has 1 N–H and O–H groups in total. The van der Waals surface area contributed by atoms with Crippen LogP contribution in [0.5, 0.6) is 0 Å². The number of nitrogens with one attached hydrogen (secondary N) is 1. The molecule has 18 heavy (non-hydrogen) atoms. The van der Waals surface area contributed by atoms with E-state index in [1.807, 2.05) is 0 Å². The molecule has 1 nitrogen and oxygen atoms in total. The summed E-state index contributed by atoms with van der Waals surface area (Å²) in [5, 5.41) is 6.31. The van der Waals surface area contributed by atoms with Crippen LogP contribution in [0.1, 0.15) is 32.8 Å². The molecule has 1 fully saturated rings. The first-order chi connectivity index (χ1) is 8.53. The van der Waals surface area contributed by atoms with Crippen LogP contribution in [-0.4, -0.2) is 12.1 Å². The van der Waals surface area contributed by atoms with Crippen LogP contribution >= 0.6 is 0 Å². The molecule has 0 amide bonds. The van der Waals surface area contributed by atoms with E-state index in [0.717, 1.165) is 6.54 Å². The minimum Gasteiger partial charge on any atom is -0.311 e. The first-order valence-electron chi connectivity index (χ1n) is 6.77. The van der Waals surface area contributed by atoms with Gasteiger partial charge in [0.05, 0.1) is 0 Å². The van der Waals surface area contributed by atoms with Gasteiger partial charge in [0, 0.05) is 11.0 Å². The smallest absolute Gasteiger partial charge is 0.0219 e. The van der Waals surface area contributed by atoms with Crippen molar-refractivity contribution < 1.29 is 0 Å². The minimum absolute atomic E-state index is 0.162. The fourth-order valence-electron chi connectivity index (χ4n) is 3.17. The van der Waals surface area contributed by atoms with E-state index in [1.54, 1.807) is 0 Å². The molecule has 1 unspecified atom stereocenters. The molecule has 0 spiro atoms. The Morgan fingerprint density at radius 2 is 1.67 bits per heavy atom. The predicted molar refractivity (Wildman–Crippen MR) is 78.0 cm³/mol. The van der Waals surface area contributed by atoms with E-state index in [0.29, 0.717) is 0 Å². The van der Waals surface area contributed by atoms with Crippen molar-refractivity contribution in [3.8, 4) is 0 Å². The standard InChI is InChI=1S/C17H21N/c1-16(2)17(3,10-11-18-16)15-9-8-13-6-4-5-7-14(13)12-15/h4-9,12,18H,10-11H2,1-3H3. The van der Waals surface area contributed by atoms with E-state index in [9.17, 15) is 0 Å². The van der Waals surface area contributed by atoms with Crippen molar-refractivity contribution in [1.29, 1.82) is 0 Å². The van der Waals surface area contributed by atoms with Crippen molar-refractivity contribution in [3.63, 3.8) is 0 Å². The van der Waals surface area contributed by atoms with Crippen LogP contribution < -0.4 is 5.32 Å². The first kappa shape index (κ1) is 11.7. The Bertz CT molecular complexity index is 585. The summed E-state index contributed by atoms with van der Waals surface area (Å²) in [7, 11) is 0. The van der Waals surface area contributed by atoms with Gasteiger partial charge < -0.3 is 5.32 Å². The second-order valence-electron chi connectivity index (χ2n) is 6.20. The van der Waals surface area contributed by atoms with Gasteiger partial charge in [-0.1, -0.05) is 49.4 Å². The molecular weight excluding hydrogens is 218 g/mol. The maximum Gasteiger partial charge on any atom is 0.0219 e. The van der Waals surface area contributed by atoms with Gasteiger partial charge in [-0.25, -0.2) is 0 Å². The van der Waals surface area contributed by atoms with E-state index in [4.69, 9.17) is 0 Å². The third-order valence-electron chi connectivity index (χ3n) is 4.96. The lowest BCUT2D eigenvalue weighted by atomic mass is 9.69. The van der Waals surface area contributed by atoms with Crippen LogP contribution in [0.3, 0.4) is 0 Å². The SMILES string of the molecule is CC1(C)NCCC1(C)c1ccc2ccccc2c1. The average molecular weight is 239 g/mol. The van der Waals surface area contributed by atoms with Crippen LogP contribution in [0.2, 0.25) is 0 Å². The van der Waals surface area contributed by atoms with Crippen LogP contribution in [0.15, 0.2) is 42.5 Å². The highest BCUT2D eigenvalue weighted by Crippen LogP contribution is 2.42. The van der Waals surface area contributed by atoms with Crippen LogP contribution in [0.25, 0.3) is 10.8 Å². The van der Waals surface area contributed by atoms with Gasteiger partial charge in [-0.15, -0.1) is 0 Å². The summed E-state index contributed by atoms with van der Waals surface area (Å²) in [6, 6.07) is 15.5. The molecule has 1 heteroatoms. The molecule has 0 aromatic heterocycles. The first-order valence-corrected chi connectivity index (χ1v) is 6.77. The zero-order valence-electron chi connectivity index (χ0n) is 11.5. The van der Waals surface area contributed by atoms with Gasteiger partial charge in [0.1, 0.15) is 0 Å². The molecule has 1 saturated heterocycles. The average Bonchev–Trinajstić information content (AvgIpc) is 2.64. The summed E-state index contributed by atoms with van der Waals surface area (Å²) in [5.41, 5.74) is 1.84. The Balaban J connectivity index is 2.14. The molecule has 2 aromatic rings. The lowest BCUT2D eigenvalue weighted by Gasteiger charge is -2.38. The Labute approximate surface area is 109 Å². The maximum absolute atomic E-state index is 3.63. The minimum atomic E-state index is 0.162. The van der Waals surface area contributed by atoms with Crippen molar-refractivity contribution in [2.75, 3.05) is 6.54 Å². The molecular formula is C17H21N. The molecule has 2 aromatic carbocycles. The third kappa shape index (κ3) is 1.58. The van der Waals surface area contributed by atoms with Gasteiger partial charge in [0.15, 0.2) is 0 Å². The molecule has 1 aliphatic heterocycles. The van der Waals surface area contributed by atoms with Gasteiger partial charge in [-0.05, 0) is 43.1 Å². The Morgan fingerprint density at radius 1 is 0.944 bits per heavy atom. The summed E-state index contributed by atoms with van der Waals surface area (Å²) >= 11 is 0. The second-order valence-corrected chi connectivity index (χ2v) is 6.20. The van der Waals surface area contributed by atoms with Gasteiger partial charge in [-0.2, -0.15) is 0 Å². The van der Waals surface area contributed by atoms with Gasteiger partial charge >= 0.3 is 0 Å². The highest BCUT2D eigenvalue weighted by atomic mass is 15.0. The lowest BCUT2D eigenvalue weighted by Crippen LogP contribution is -2.47. The van der Waals surface area contributed by atoms with E-state index in [2.05, 4.69) is 68.6 Å². The monoisotopic (exact) mass is 239 g/mol. The quantitative estimate of drug-likeness (QED) is 0.796. The highest BCUT2D eigenvalue weighted by molar-refractivity contribution is 5.83. The summed E-state index contributed by atoms with van der Waals surface area (Å²) in [5.74, 6) is 0. The Morgan fingerprint density at radius 3 is 2.33 bits per heavy atom. The van der Waals surface area contributed by atoms with Crippen molar-refractivity contribution in [1.82, 2.24) is 5.32 Å². The van der Waals surface area contributed by atoms with E-state index < -0.39 is 0 Å². The van der Waals surface area contributed by atoms with Crippen molar-refractivity contribution >= 4 is 10.8 Å². The molecule has 1 heterocycles. The van der Waals surface area contributed by atoms with E-state index in [1.165, 1.54) is 22.8 Å². The second kappa shape index (κ2) is 3.83. The number of hydrogen-bond donors (Lipinski definition) is 1. The van der Waals surface area contributed by atoms with Crippen LogP contribution in [0, 0.1) is 0 Å². The molecule has 94 valence electrons. The predicted octanol–water partition coefficient (Wildman–Crippen LogP) is 3.87. The zero-order valence-corrected chi connectivity index (χ0v) is 11.5. The third-order valence-corrected chi connectivity index (χ3v) is 4.96. The topological polar surface area (TPSA) is 12.0 Å². The molecule has 3 rings (SSSR count). The fraction of sp³-hybridized carbons (Fsp3) is 0.412. The molecule has 0 bridgehead atoms. The van der Waals surface area contributed by atoms with Gasteiger partial charge in [0.2, 0.25) is 0 Å². The van der Waals surface area contributed by atoms with Crippen LogP contribution in [-0.2, 0) is 5.41 Å². The van der Waals surface area contributed by atoms with Crippen molar-refractivity contribution in [2.45, 2.75) is 38.1 Å². The summed E-state index contributed by atoms with van der Waals surface area (Å²) in [6.45, 7) is 8.12. The van der Waals surface area contributed by atoms with E-state index >= 15 is 0 Å². The molecule has 1 atom stereocenters. The normalized spacial score (nSPS) is 26.6. The summed E-state index contributed by atoms with van der Waals surface area (Å²) < 4.78 is 0. The summed E-state index contributed by atoms with van der Waals surface area (Å²) in [6.07, 6.45) is 1.21. The number of benzene rings is 2.